The van der Waals surface area contributed by atoms with E-state index in [-0.39, 0.29) is 0 Å². The van der Waals surface area contributed by atoms with Crippen LogP contribution in [0.25, 0.3) is 0 Å². The summed E-state index contributed by atoms with van der Waals surface area (Å²) in [7, 11) is 0. The third-order valence-electron chi connectivity index (χ3n) is 2.63. The fraction of sp³-hybridized carbons (Fsp3) is 0.143. The van der Waals surface area contributed by atoms with Crippen LogP contribution in [0.5, 0.6) is 0 Å². The summed E-state index contributed by atoms with van der Waals surface area (Å²) in [5.74, 6) is 0. The highest BCUT2D eigenvalue weighted by Gasteiger charge is 2.24. The summed E-state index contributed by atoms with van der Waals surface area (Å²) in [5, 5.41) is 0.774. The molecule has 86 valence electrons. The molecule has 0 bridgehead atoms. The second-order valence-electron chi connectivity index (χ2n) is 3.95. The molecule has 1 fully saturated rings. The molecule has 1 atom stereocenters. The second-order valence-corrected chi connectivity index (χ2v) is 5.53. The zero-order chi connectivity index (χ0) is 11.7. The molecule has 17 heavy (non-hydrogen) atoms. The molecule has 0 aromatic heterocycles. The Morgan fingerprint density at radius 3 is 2.00 bits per heavy atom. The van der Waals surface area contributed by atoms with E-state index in [0.29, 0.717) is 6.10 Å². The van der Waals surface area contributed by atoms with Crippen LogP contribution in [0.1, 0.15) is 11.7 Å². The zero-order valence-electron chi connectivity index (χ0n) is 9.10. The topological polar surface area (TPSA) is 12.5 Å². The fourth-order valence-electron chi connectivity index (χ4n) is 1.63. The smallest absolute Gasteiger partial charge is 0.106 e. The van der Waals surface area contributed by atoms with Crippen LogP contribution in [-0.2, 0) is 4.74 Å². The van der Waals surface area contributed by atoms with Crippen LogP contribution in [0.2, 0.25) is 5.02 Å². The Bertz CT molecular complexity index is 503. The highest BCUT2D eigenvalue weighted by Crippen LogP contribution is 2.33. The van der Waals surface area contributed by atoms with Crippen molar-refractivity contribution in [2.45, 2.75) is 15.9 Å². The van der Waals surface area contributed by atoms with Crippen LogP contribution in [-0.4, -0.2) is 6.61 Å². The molecule has 1 heterocycles. The van der Waals surface area contributed by atoms with Crippen molar-refractivity contribution in [1.29, 1.82) is 0 Å². The lowest BCUT2D eigenvalue weighted by molar-refractivity contribution is 0.415. The number of benzene rings is 2. The van der Waals surface area contributed by atoms with Crippen molar-refractivity contribution in [2.24, 2.45) is 0 Å². The number of hydrogen-bond acceptors (Lipinski definition) is 2. The summed E-state index contributed by atoms with van der Waals surface area (Å²) >= 11 is 7.59. The first-order chi connectivity index (χ1) is 8.31. The van der Waals surface area contributed by atoms with E-state index < -0.39 is 0 Å². The lowest BCUT2D eigenvalue weighted by Gasteiger charge is -2.02. The third-order valence-corrected chi connectivity index (χ3v) is 3.90. The number of rotatable bonds is 3. The Morgan fingerprint density at radius 2 is 1.47 bits per heavy atom. The molecule has 0 radical (unpaired) electrons. The average molecular weight is 263 g/mol. The van der Waals surface area contributed by atoms with E-state index in [1.54, 1.807) is 11.8 Å². The third kappa shape index (κ3) is 2.83. The number of halogens is 1. The molecule has 0 saturated carbocycles. The van der Waals surface area contributed by atoms with Crippen molar-refractivity contribution in [3.63, 3.8) is 0 Å². The van der Waals surface area contributed by atoms with Crippen molar-refractivity contribution < 1.29 is 4.74 Å². The minimum absolute atomic E-state index is 0.338. The molecule has 0 N–H and O–H groups in total. The summed E-state index contributed by atoms with van der Waals surface area (Å²) in [6, 6.07) is 16.4. The van der Waals surface area contributed by atoms with Crippen LogP contribution in [0, 0.1) is 0 Å². The Labute approximate surface area is 110 Å². The van der Waals surface area contributed by atoms with E-state index in [9.17, 15) is 0 Å². The standard InChI is InChI=1S/C14H11ClOS/c15-11-3-7-13(8-4-11)17-12-5-1-10(2-6-12)14-9-16-14/h1-8,14H,9H2/t14-/m1/s1. The van der Waals surface area contributed by atoms with Crippen LogP contribution in [0.3, 0.4) is 0 Å². The van der Waals surface area contributed by atoms with Crippen molar-refractivity contribution in [1.82, 2.24) is 0 Å². The van der Waals surface area contributed by atoms with E-state index in [4.69, 9.17) is 16.3 Å². The first-order valence-electron chi connectivity index (χ1n) is 5.46. The molecular weight excluding hydrogens is 252 g/mol. The van der Waals surface area contributed by atoms with Gasteiger partial charge in [-0.05, 0) is 42.0 Å². The van der Waals surface area contributed by atoms with E-state index in [2.05, 4.69) is 24.3 Å². The van der Waals surface area contributed by atoms with E-state index >= 15 is 0 Å². The molecule has 0 aliphatic carbocycles. The van der Waals surface area contributed by atoms with Gasteiger partial charge in [-0.25, -0.2) is 0 Å². The maximum atomic E-state index is 5.85. The van der Waals surface area contributed by atoms with Gasteiger partial charge in [0.05, 0.1) is 6.61 Å². The first kappa shape index (κ1) is 11.1. The highest BCUT2D eigenvalue weighted by atomic mass is 35.5. The van der Waals surface area contributed by atoms with Gasteiger partial charge in [0.25, 0.3) is 0 Å². The number of epoxide rings is 1. The molecule has 3 rings (SSSR count). The van der Waals surface area contributed by atoms with Gasteiger partial charge in [0.2, 0.25) is 0 Å². The fourth-order valence-corrected chi connectivity index (χ4v) is 2.57. The van der Waals surface area contributed by atoms with Gasteiger partial charge in [0, 0.05) is 14.8 Å². The number of hydrogen-bond donors (Lipinski definition) is 0. The molecule has 2 aromatic rings. The maximum Gasteiger partial charge on any atom is 0.106 e. The molecule has 0 amide bonds. The van der Waals surface area contributed by atoms with E-state index in [0.717, 1.165) is 11.6 Å². The zero-order valence-corrected chi connectivity index (χ0v) is 10.7. The van der Waals surface area contributed by atoms with Crippen molar-refractivity contribution in [3.05, 3.63) is 59.1 Å². The molecule has 2 aromatic carbocycles. The summed E-state index contributed by atoms with van der Waals surface area (Å²) in [4.78, 5) is 2.43. The van der Waals surface area contributed by atoms with Gasteiger partial charge >= 0.3 is 0 Å². The summed E-state index contributed by atoms with van der Waals surface area (Å²) < 4.78 is 5.24. The normalized spacial score (nSPS) is 18.1. The molecule has 1 aliphatic rings. The van der Waals surface area contributed by atoms with Gasteiger partial charge in [-0.3, -0.25) is 0 Å². The van der Waals surface area contributed by atoms with Crippen molar-refractivity contribution in [2.75, 3.05) is 6.61 Å². The number of ether oxygens (including phenoxy) is 1. The van der Waals surface area contributed by atoms with Gasteiger partial charge in [0.1, 0.15) is 6.10 Å². The Hall–Kier alpha value is -0.960. The van der Waals surface area contributed by atoms with Crippen LogP contribution in [0.4, 0.5) is 0 Å². The average Bonchev–Trinajstić information content (AvgIpc) is 3.17. The quantitative estimate of drug-likeness (QED) is 0.752. The minimum atomic E-state index is 0.338. The van der Waals surface area contributed by atoms with Crippen LogP contribution in [0.15, 0.2) is 58.3 Å². The summed E-state index contributed by atoms with van der Waals surface area (Å²) in [6.07, 6.45) is 0.338. The first-order valence-corrected chi connectivity index (χ1v) is 6.66. The van der Waals surface area contributed by atoms with Crippen molar-refractivity contribution >= 4 is 23.4 Å². The lowest BCUT2D eigenvalue weighted by Crippen LogP contribution is -1.80. The SMILES string of the molecule is Clc1ccc(Sc2ccc([C@H]3CO3)cc2)cc1. The summed E-state index contributed by atoms with van der Waals surface area (Å²) in [5.41, 5.74) is 1.27. The molecule has 1 nitrogen and oxygen atoms in total. The van der Waals surface area contributed by atoms with Crippen LogP contribution >= 0.6 is 23.4 Å². The molecule has 1 saturated heterocycles. The minimum Gasteiger partial charge on any atom is -0.368 e. The van der Waals surface area contributed by atoms with Crippen LogP contribution < -0.4 is 0 Å². The summed E-state index contributed by atoms with van der Waals surface area (Å²) in [6.45, 7) is 0.865. The Kier molecular flexibility index (Phi) is 3.10. The maximum absolute atomic E-state index is 5.85. The molecule has 3 heteroatoms. The van der Waals surface area contributed by atoms with Gasteiger partial charge in [-0.15, -0.1) is 0 Å². The Morgan fingerprint density at radius 1 is 0.941 bits per heavy atom. The second kappa shape index (κ2) is 4.73. The molecular formula is C14H11ClOS. The van der Waals surface area contributed by atoms with Gasteiger partial charge in [-0.1, -0.05) is 35.5 Å². The van der Waals surface area contributed by atoms with E-state index in [1.807, 2.05) is 24.3 Å². The van der Waals surface area contributed by atoms with E-state index in [1.165, 1.54) is 15.4 Å². The monoisotopic (exact) mass is 262 g/mol. The predicted molar refractivity (Wildman–Crippen MR) is 70.7 cm³/mol. The molecule has 0 unspecified atom stereocenters. The van der Waals surface area contributed by atoms with Crippen molar-refractivity contribution in [3.8, 4) is 0 Å². The molecule has 0 spiro atoms. The highest BCUT2D eigenvalue weighted by molar-refractivity contribution is 7.99. The Balaban J connectivity index is 1.73. The molecule has 1 aliphatic heterocycles. The lowest BCUT2D eigenvalue weighted by atomic mass is 10.2. The van der Waals surface area contributed by atoms with Gasteiger partial charge < -0.3 is 4.74 Å². The van der Waals surface area contributed by atoms with Gasteiger partial charge in [0.15, 0.2) is 0 Å². The van der Waals surface area contributed by atoms with Gasteiger partial charge in [-0.2, -0.15) is 0 Å². The predicted octanol–water partition coefficient (Wildman–Crippen LogP) is 4.56. The largest absolute Gasteiger partial charge is 0.368 e.